The lowest BCUT2D eigenvalue weighted by molar-refractivity contribution is 0.132. The van der Waals surface area contributed by atoms with Crippen molar-refractivity contribution in [1.29, 1.82) is 0 Å². The molecule has 1 aromatic carbocycles. The number of hydrogen-bond acceptors (Lipinski definition) is 5. The van der Waals surface area contributed by atoms with Crippen molar-refractivity contribution in [2.45, 2.75) is 45.8 Å². The number of H-pyrrole nitrogens is 1. The lowest BCUT2D eigenvalue weighted by Crippen LogP contribution is -2.54. The van der Waals surface area contributed by atoms with Crippen LogP contribution in [0.3, 0.4) is 0 Å². The van der Waals surface area contributed by atoms with Gasteiger partial charge in [-0.3, -0.25) is 10.00 Å². The Morgan fingerprint density at radius 2 is 1.93 bits per heavy atom. The molecule has 2 aromatic heterocycles. The Kier molecular flexibility index (Phi) is 4.81. The summed E-state index contributed by atoms with van der Waals surface area (Å²) in [7, 11) is 0. The summed E-state index contributed by atoms with van der Waals surface area (Å²) in [6.45, 7) is 10.4. The Hall–Kier alpha value is -2.51. The molecule has 7 heteroatoms. The molecule has 4 rings (SSSR count). The van der Waals surface area contributed by atoms with E-state index in [0.29, 0.717) is 29.0 Å². The van der Waals surface area contributed by atoms with Crippen LogP contribution in [0.15, 0.2) is 24.3 Å². The highest BCUT2D eigenvalue weighted by Gasteiger charge is 2.28. The molecule has 3 aromatic rings. The number of phenolic OH excluding ortho intramolecular Hbond substituents is 1. The molecule has 3 N–H and O–H groups in total. The minimum Gasteiger partial charge on any atom is -0.508 e. The summed E-state index contributed by atoms with van der Waals surface area (Å²) in [5.41, 5.74) is 3.50. The maximum atomic E-state index is 14.5. The molecule has 148 valence electrons. The van der Waals surface area contributed by atoms with Crippen molar-refractivity contribution in [3.63, 3.8) is 0 Å². The highest BCUT2D eigenvalue weighted by Crippen LogP contribution is 2.34. The van der Waals surface area contributed by atoms with E-state index in [1.165, 1.54) is 6.07 Å². The second-order valence-electron chi connectivity index (χ2n) is 7.91. The third-order valence-electron chi connectivity index (χ3n) is 5.55. The topological polar surface area (TPSA) is 77.1 Å². The van der Waals surface area contributed by atoms with Gasteiger partial charge >= 0.3 is 0 Å². The molecule has 0 bridgehead atoms. The third-order valence-corrected chi connectivity index (χ3v) is 5.55. The van der Waals surface area contributed by atoms with E-state index in [0.717, 1.165) is 35.8 Å². The predicted octanol–water partition coefficient (Wildman–Crippen LogP) is 3.52. The number of aromatic nitrogens is 3. The smallest absolute Gasteiger partial charge is 0.182 e. The summed E-state index contributed by atoms with van der Waals surface area (Å²) in [6.07, 6.45) is 0. The van der Waals surface area contributed by atoms with Gasteiger partial charge in [0.2, 0.25) is 0 Å². The quantitative estimate of drug-likeness (QED) is 0.645. The van der Waals surface area contributed by atoms with Crippen LogP contribution >= 0.6 is 0 Å². The van der Waals surface area contributed by atoms with E-state index in [-0.39, 0.29) is 11.8 Å². The van der Waals surface area contributed by atoms with Gasteiger partial charge in [-0.2, -0.15) is 5.10 Å². The zero-order chi connectivity index (χ0) is 20.0. The van der Waals surface area contributed by atoms with Crippen LogP contribution in [-0.4, -0.2) is 50.4 Å². The van der Waals surface area contributed by atoms with Crippen LogP contribution in [0.25, 0.3) is 22.3 Å². The molecule has 3 heterocycles. The summed E-state index contributed by atoms with van der Waals surface area (Å²) in [4.78, 5) is 7.03. The number of aromatic hydroxyl groups is 1. The average Bonchev–Trinajstić information content (AvgIpc) is 3.00. The minimum atomic E-state index is -0.498. The number of aromatic amines is 1. The number of phenols is 1. The van der Waals surface area contributed by atoms with Gasteiger partial charge in [0.15, 0.2) is 5.65 Å². The second kappa shape index (κ2) is 7.14. The molecule has 1 unspecified atom stereocenters. The third kappa shape index (κ3) is 3.36. The number of fused-ring (bicyclic) bond motifs is 1. The fraction of sp³-hybridized carbons (Fsp3) is 0.429. The molecule has 1 aliphatic heterocycles. The van der Waals surface area contributed by atoms with E-state index in [2.05, 4.69) is 46.2 Å². The highest BCUT2D eigenvalue weighted by atomic mass is 19.1. The number of nitrogens with one attached hydrogen (secondary N) is 2. The largest absolute Gasteiger partial charge is 0.508 e. The molecule has 1 aliphatic rings. The van der Waals surface area contributed by atoms with Gasteiger partial charge in [-0.1, -0.05) is 0 Å². The number of rotatable bonds is 3. The van der Waals surface area contributed by atoms with Crippen LogP contribution in [0, 0.1) is 12.7 Å². The maximum Gasteiger partial charge on any atom is 0.182 e. The van der Waals surface area contributed by atoms with Crippen LogP contribution < -0.4 is 5.32 Å². The van der Waals surface area contributed by atoms with Crippen molar-refractivity contribution in [2.75, 3.05) is 13.1 Å². The van der Waals surface area contributed by atoms with Gasteiger partial charge in [-0.15, -0.1) is 0 Å². The second-order valence-corrected chi connectivity index (χ2v) is 7.91. The molecule has 28 heavy (non-hydrogen) atoms. The SMILES string of the molecule is Cc1[nH]nc2nc(-c3ccc(O)cc3F)cc(C(C)N3C[C@@H](C)N[C@@H](C)C3)c12. The minimum absolute atomic E-state index is 0.102. The Morgan fingerprint density at radius 3 is 2.61 bits per heavy atom. The van der Waals surface area contributed by atoms with E-state index in [9.17, 15) is 9.50 Å². The molecule has 1 fully saturated rings. The van der Waals surface area contributed by atoms with Gasteiger partial charge < -0.3 is 10.4 Å². The first kappa shape index (κ1) is 18.8. The fourth-order valence-electron chi connectivity index (χ4n) is 4.27. The van der Waals surface area contributed by atoms with Gasteiger partial charge in [-0.05, 0) is 51.5 Å². The molecule has 0 amide bonds. The predicted molar refractivity (Wildman–Crippen MR) is 108 cm³/mol. The van der Waals surface area contributed by atoms with Gasteiger partial charge in [-0.25, -0.2) is 9.37 Å². The summed E-state index contributed by atoms with van der Waals surface area (Å²) >= 11 is 0. The summed E-state index contributed by atoms with van der Waals surface area (Å²) in [5.74, 6) is -0.600. The van der Waals surface area contributed by atoms with E-state index < -0.39 is 5.82 Å². The first-order chi connectivity index (χ1) is 13.3. The number of aryl methyl sites for hydroxylation is 1. The Balaban J connectivity index is 1.83. The lowest BCUT2D eigenvalue weighted by Gasteiger charge is -2.40. The number of hydrogen-bond donors (Lipinski definition) is 3. The molecule has 3 atom stereocenters. The first-order valence-electron chi connectivity index (χ1n) is 9.68. The lowest BCUT2D eigenvalue weighted by atomic mass is 9.98. The van der Waals surface area contributed by atoms with E-state index in [1.54, 1.807) is 6.07 Å². The zero-order valence-corrected chi connectivity index (χ0v) is 16.6. The van der Waals surface area contributed by atoms with Crippen molar-refractivity contribution < 1.29 is 9.50 Å². The van der Waals surface area contributed by atoms with E-state index in [1.807, 2.05) is 13.0 Å². The van der Waals surface area contributed by atoms with Crippen LogP contribution in [-0.2, 0) is 0 Å². The van der Waals surface area contributed by atoms with Crippen molar-refractivity contribution in [1.82, 2.24) is 25.4 Å². The standard InChI is InChI=1S/C21H26FN5O/c1-11-9-27(10-12(2)23-11)14(4)17-8-19(16-6-5-15(28)7-18(16)22)24-21-20(17)13(3)25-26-21/h5-8,11-12,14,23,28H,9-10H2,1-4H3,(H,24,25,26)/t11-,12+,14?. The highest BCUT2D eigenvalue weighted by molar-refractivity contribution is 5.85. The van der Waals surface area contributed by atoms with Gasteiger partial charge in [0.25, 0.3) is 0 Å². The molecule has 0 spiro atoms. The molecule has 0 radical (unpaired) electrons. The number of benzene rings is 1. The number of pyridine rings is 1. The van der Waals surface area contributed by atoms with Crippen LogP contribution in [0.5, 0.6) is 5.75 Å². The van der Waals surface area contributed by atoms with E-state index >= 15 is 0 Å². The van der Waals surface area contributed by atoms with Crippen molar-refractivity contribution in [2.24, 2.45) is 0 Å². The molecule has 6 nitrogen and oxygen atoms in total. The van der Waals surface area contributed by atoms with Gasteiger partial charge in [0.05, 0.1) is 5.69 Å². The van der Waals surface area contributed by atoms with Crippen LogP contribution in [0.1, 0.15) is 38.1 Å². The van der Waals surface area contributed by atoms with Crippen molar-refractivity contribution in [3.8, 4) is 17.0 Å². The molecular formula is C21H26FN5O. The first-order valence-corrected chi connectivity index (χ1v) is 9.68. The van der Waals surface area contributed by atoms with Gasteiger partial charge in [0, 0.05) is 53.9 Å². The number of halogens is 1. The number of nitrogens with zero attached hydrogens (tertiary/aromatic N) is 3. The number of piperazine rings is 1. The normalized spacial score (nSPS) is 21.9. The monoisotopic (exact) mass is 383 g/mol. The van der Waals surface area contributed by atoms with Crippen molar-refractivity contribution in [3.05, 3.63) is 41.3 Å². The van der Waals surface area contributed by atoms with Gasteiger partial charge in [0.1, 0.15) is 11.6 Å². The molecule has 1 saturated heterocycles. The summed E-state index contributed by atoms with van der Waals surface area (Å²) in [5, 5.41) is 21.4. The fourth-order valence-corrected chi connectivity index (χ4v) is 4.27. The zero-order valence-electron chi connectivity index (χ0n) is 16.6. The molecule has 0 saturated carbocycles. The molecule has 0 aliphatic carbocycles. The Bertz CT molecular complexity index is 1010. The summed E-state index contributed by atoms with van der Waals surface area (Å²) < 4.78 is 14.5. The molecular weight excluding hydrogens is 357 g/mol. The van der Waals surface area contributed by atoms with E-state index in [4.69, 9.17) is 0 Å². The van der Waals surface area contributed by atoms with Crippen molar-refractivity contribution >= 4 is 11.0 Å². The Labute approximate surface area is 163 Å². The van der Waals surface area contributed by atoms with Crippen LogP contribution in [0.4, 0.5) is 4.39 Å². The summed E-state index contributed by atoms with van der Waals surface area (Å²) in [6, 6.07) is 7.05. The Morgan fingerprint density at radius 1 is 1.21 bits per heavy atom. The van der Waals surface area contributed by atoms with Crippen LogP contribution in [0.2, 0.25) is 0 Å². The average molecular weight is 383 g/mol. The maximum absolute atomic E-state index is 14.5.